The van der Waals surface area contributed by atoms with Gasteiger partial charge in [0.2, 0.25) is 11.8 Å². The van der Waals surface area contributed by atoms with Crippen molar-refractivity contribution in [1.29, 1.82) is 0 Å². The molecular weight excluding hydrogens is 362 g/mol. The van der Waals surface area contributed by atoms with Gasteiger partial charge >= 0.3 is 6.03 Å². The van der Waals surface area contributed by atoms with E-state index >= 15 is 0 Å². The van der Waals surface area contributed by atoms with Crippen LogP contribution in [0, 0.1) is 5.92 Å². The van der Waals surface area contributed by atoms with E-state index in [1.165, 1.54) is 13.0 Å². The van der Waals surface area contributed by atoms with Crippen LogP contribution < -0.4 is 16.2 Å². The highest BCUT2D eigenvalue weighted by molar-refractivity contribution is 5.82. The third-order valence-electron chi connectivity index (χ3n) is 5.99. The number of nitrogens with zero attached hydrogens (tertiary/aromatic N) is 3. The molecule has 2 fully saturated rings. The molecule has 3 aliphatic heterocycles. The Labute approximate surface area is 162 Å². The van der Waals surface area contributed by atoms with Crippen molar-refractivity contribution in [2.24, 2.45) is 5.92 Å². The van der Waals surface area contributed by atoms with Gasteiger partial charge in [-0.15, -0.1) is 0 Å². The second kappa shape index (κ2) is 7.29. The summed E-state index contributed by atoms with van der Waals surface area (Å²) in [5.41, 5.74) is 0.622. The Balaban J connectivity index is 1.55. The van der Waals surface area contributed by atoms with Crippen molar-refractivity contribution in [3.05, 3.63) is 34.2 Å². The lowest BCUT2D eigenvalue weighted by molar-refractivity contribution is -0.135. The quantitative estimate of drug-likeness (QED) is 0.727. The molecule has 9 heteroatoms. The number of hydrogen-bond donors (Lipinski definition) is 2. The fraction of sp³-hybridized carbons (Fsp3) is 0.579. The number of hydrogen-bond acceptors (Lipinski definition) is 4. The minimum Gasteiger partial charge on any atom is -0.353 e. The first-order chi connectivity index (χ1) is 13.5. The molecule has 0 spiro atoms. The van der Waals surface area contributed by atoms with E-state index in [0.717, 1.165) is 12.1 Å². The van der Waals surface area contributed by atoms with Crippen LogP contribution in [0.15, 0.2) is 23.0 Å². The minimum absolute atomic E-state index is 0.0133. The van der Waals surface area contributed by atoms with Crippen molar-refractivity contribution in [3.63, 3.8) is 0 Å². The van der Waals surface area contributed by atoms with Crippen LogP contribution in [-0.2, 0) is 9.59 Å². The van der Waals surface area contributed by atoms with Crippen LogP contribution >= 0.6 is 0 Å². The van der Waals surface area contributed by atoms with E-state index in [4.69, 9.17) is 0 Å². The molecular formula is C19H25N5O4. The number of aromatic nitrogens is 1. The third-order valence-corrected chi connectivity index (χ3v) is 5.99. The first-order valence-electron chi connectivity index (χ1n) is 9.73. The van der Waals surface area contributed by atoms with Crippen LogP contribution in [0.3, 0.4) is 0 Å². The SMILES string of the molecule is CC(=O)N1C[C@H]2C[C@@H](C1)[C@H](C(=O)NCCN1CCNC1=O)n1c2cccc1=O. The number of carbonyl (C=O) groups is 3. The van der Waals surface area contributed by atoms with Crippen LogP contribution in [0.1, 0.15) is 31.0 Å². The van der Waals surface area contributed by atoms with E-state index in [0.29, 0.717) is 39.3 Å². The highest BCUT2D eigenvalue weighted by Gasteiger charge is 2.44. The van der Waals surface area contributed by atoms with Gasteiger partial charge in [-0.1, -0.05) is 6.07 Å². The Bertz CT molecular complexity index is 866. The van der Waals surface area contributed by atoms with Gasteiger partial charge in [-0.3, -0.25) is 19.0 Å². The van der Waals surface area contributed by atoms with Gasteiger partial charge in [-0.25, -0.2) is 4.79 Å². The van der Waals surface area contributed by atoms with Gasteiger partial charge in [-0.05, 0) is 12.5 Å². The predicted octanol–water partition coefficient (Wildman–Crippen LogP) is -0.504. The molecule has 0 saturated carbocycles. The molecule has 3 atom stereocenters. The summed E-state index contributed by atoms with van der Waals surface area (Å²) in [6, 6.07) is 4.29. The molecule has 4 rings (SSSR count). The van der Waals surface area contributed by atoms with E-state index < -0.39 is 6.04 Å². The summed E-state index contributed by atoms with van der Waals surface area (Å²) in [5, 5.41) is 5.62. The van der Waals surface area contributed by atoms with Crippen molar-refractivity contribution in [1.82, 2.24) is 25.0 Å². The summed E-state index contributed by atoms with van der Waals surface area (Å²) in [6.45, 7) is 4.57. The molecule has 0 radical (unpaired) electrons. The zero-order valence-corrected chi connectivity index (χ0v) is 15.9. The van der Waals surface area contributed by atoms with Gasteiger partial charge < -0.3 is 20.4 Å². The minimum atomic E-state index is -0.644. The molecule has 2 N–H and O–H groups in total. The van der Waals surface area contributed by atoms with Crippen molar-refractivity contribution in [2.75, 3.05) is 39.3 Å². The monoisotopic (exact) mass is 387 g/mol. The summed E-state index contributed by atoms with van der Waals surface area (Å²) < 4.78 is 1.61. The molecule has 0 aromatic carbocycles. The smallest absolute Gasteiger partial charge is 0.317 e. The zero-order chi connectivity index (χ0) is 19.8. The Morgan fingerprint density at radius 1 is 1.25 bits per heavy atom. The van der Waals surface area contributed by atoms with Crippen LogP contribution in [0.2, 0.25) is 0 Å². The maximum absolute atomic E-state index is 13.1. The fourth-order valence-electron chi connectivity index (χ4n) is 4.67. The van der Waals surface area contributed by atoms with Gasteiger partial charge in [0.05, 0.1) is 0 Å². The van der Waals surface area contributed by atoms with E-state index in [2.05, 4.69) is 10.6 Å². The molecule has 1 aromatic heterocycles. The Kier molecular flexibility index (Phi) is 4.82. The molecule has 4 amide bonds. The average molecular weight is 387 g/mol. The van der Waals surface area contributed by atoms with Gasteiger partial charge in [0, 0.05) is 69.8 Å². The van der Waals surface area contributed by atoms with Gasteiger partial charge in [0.25, 0.3) is 5.56 Å². The first-order valence-corrected chi connectivity index (χ1v) is 9.73. The summed E-state index contributed by atoms with van der Waals surface area (Å²) in [7, 11) is 0. The van der Waals surface area contributed by atoms with Crippen LogP contribution in [0.25, 0.3) is 0 Å². The summed E-state index contributed by atoms with van der Waals surface area (Å²) >= 11 is 0. The Hall–Kier alpha value is -2.84. The molecule has 150 valence electrons. The van der Waals surface area contributed by atoms with E-state index in [9.17, 15) is 19.2 Å². The number of fused-ring (bicyclic) bond motifs is 4. The maximum Gasteiger partial charge on any atom is 0.317 e. The van der Waals surface area contributed by atoms with Gasteiger partial charge in [0.1, 0.15) is 6.04 Å². The van der Waals surface area contributed by atoms with Gasteiger partial charge in [-0.2, -0.15) is 0 Å². The second-order valence-electron chi connectivity index (χ2n) is 7.73. The Morgan fingerprint density at radius 3 is 2.79 bits per heavy atom. The largest absolute Gasteiger partial charge is 0.353 e. The zero-order valence-electron chi connectivity index (χ0n) is 15.9. The molecule has 28 heavy (non-hydrogen) atoms. The molecule has 0 aliphatic carbocycles. The van der Waals surface area contributed by atoms with Crippen molar-refractivity contribution in [3.8, 4) is 0 Å². The molecule has 1 aromatic rings. The number of urea groups is 1. The Morgan fingerprint density at radius 2 is 2.07 bits per heavy atom. The molecule has 9 nitrogen and oxygen atoms in total. The number of rotatable bonds is 4. The molecule has 4 heterocycles. The topological polar surface area (TPSA) is 104 Å². The average Bonchev–Trinajstić information content (AvgIpc) is 3.07. The van der Waals surface area contributed by atoms with Crippen molar-refractivity contribution >= 4 is 17.8 Å². The molecule has 0 unspecified atom stereocenters. The lowest BCUT2D eigenvalue weighted by Gasteiger charge is -2.46. The number of likely N-dealkylation sites (tertiary alicyclic amines) is 1. The third kappa shape index (κ3) is 3.25. The highest BCUT2D eigenvalue weighted by Crippen LogP contribution is 2.41. The first kappa shape index (κ1) is 18.5. The molecule has 3 aliphatic rings. The van der Waals surface area contributed by atoms with Crippen LogP contribution in [0.4, 0.5) is 4.79 Å². The van der Waals surface area contributed by atoms with E-state index in [-0.39, 0.29) is 35.2 Å². The lowest BCUT2D eigenvalue weighted by atomic mass is 9.78. The van der Waals surface area contributed by atoms with Crippen molar-refractivity contribution in [2.45, 2.75) is 25.3 Å². The predicted molar refractivity (Wildman–Crippen MR) is 101 cm³/mol. The number of pyridine rings is 1. The van der Waals surface area contributed by atoms with Crippen LogP contribution in [0.5, 0.6) is 0 Å². The number of piperidine rings is 1. The lowest BCUT2D eigenvalue weighted by Crippen LogP contribution is -2.54. The molecule has 2 bridgehead atoms. The second-order valence-corrected chi connectivity index (χ2v) is 7.73. The summed E-state index contributed by atoms with van der Waals surface area (Å²) in [6.07, 6.45) is 0.778. The number of amides is 4. The summed E-state index contributed by atoms with van der Waals surface area (Å²) in [4.78, 5) is 52.6. The fourth-order valence-corrected chi connectivity index (χ4v) is 4.67. The summed E-state index contributed by atoms with van der Waals surface area (Å²) in [5.74, 6) is -0.289. The molecule has 2 saturated heterocycles. The van der Waals surface area contributed by atoms with Crippen LogP contribution in [-0.4, -0.2) is 71.5 Å². The number of nitrogens with one attached hydrogen (secondary N) is 2. The standard InChI is InChI=1S/C19H25N5O4/c1-12(25)23-10-13-9-14(11-23)17(24-15(13)3-2-4-16(24)26)18(27)20-5-7-22-8-6-21-19(22)28/h2-4,13-14,17H,5-11H2,1H3,(H,20,27)(H,21,28)/t13-,14+,17-/m1/s1. The van der Waals surface area contributed by atoms with E-state index in [1.54, 1.807) is 20.4 Å². The normalized spacial score (nSPS) is 25.9. The number of carbonyl (C=O) groups excluding carboxylic acids is 3. The highest BCUT2D eigenvalue weighted by atomic mass is 16.2. The van der Waals surface area contributed by atoms with Gasteiger partial charge in [0.15, 0.2) is 0 Å². The van der Waals surface area contributed by atoms with Crippen molar-refractivity contribution < 1.29 is 14.4 Å². The maximum atomic E-state index is 13.1. The van der Waals surface area contributed by atoms with E-state index in [1.807, 2.05) is 6.07 Å².